The number of thiazole rings is 1. The Morgan fingerprint density at radius 1 is 1.19 bits per heavy atom. The molecule has 0 unspecified atom stereocenters. The summed E-state index contributed by atoms with van der Waals surface area (Å²) in [4.78, 5) is 25.0. The van der Waals surface area contributed by atoms with Crippen LogP contribution in [-0.2, 0) is 16.4 Å². The Hall–Kier alpha value is -3.05. The number of primary amides is 1. The molecule has 3 aromatic rings. The van der Waals surface area contributed by atoms with Crippen LogP contribution in [0.1, 0.15) is 55.3 Å². The molecule has 2 heterocycles. The zero-order chi connectivity index (χ0) is 26.1. The molecule has 0 spiro atoms. The van der Waals surface area contributed by atoms with Crippen LogP contribution in [0.4, 0.5) is 24.8 Å². The predicted octanol–water partition coefficient (Wildman–Crippen LogP) is 5.36. The molecule has 4 N–H and O–H groups in total. The maximum absolute atomic E-state index is 13.0. The molecule has 1 amide bonds. The third-order valence-corrected chi connectivity index (χ3v) is 8.48. The van der Waals surface area contributed by atoms with Gasteiger partial charge in [-0.25, -0.2) is 15.0 Å². The van der Waals surface area contributed by atoms with E-state index in [2.05, 4.69) is 20.3 Å². The summed E-state index contributed by atoms with van der Waals surface area (Å²) in [6.45, 7) is 3.77. The molecule has 11 heteroatoms. The lowest BCUT2D eigenvalue weighted by atomic mass is 9.62. The average molecular weight is 520 g/mol. The van der Waals surface area contributed by atoms with E-state index in [0.717, 1.165) is 33.3 Å². The zero-order valence-electron chi connectivity index (χ0n) is 20.0. The highest BCUT2D eigenvalue weighted by atomic mass is 32.1. The maximum atomic E-state index is 13.0. The molecule has 0 atom stereocenters. The standard InChI is InChI=1S/C25H28F3N5O2S/c1-3-23(20(29)35)5-7-24(14-34,8-6-23)21-31-13-18(36-21)16-10-15(2)11-17(12-16)32-22-30-9-4-19(33-22)25(26,27)28/h4,9-13,34H,3,5-8,14H2,1-2H3,(H2,29,35)(H,30,32,33). The van der Waals surface area contributed by atoms with Crippen LogP contribution in [0.5, 0.6) is 0 Å². The van der Waals surface area contributed by atoms with Crippen molar-refractivity contribution in [1.82, 2.24) is 15.0 Å². The van der Waals surface area contributed by atoms with Gasteiger partial charge in [-0.3, -0.25) is 4.79 Å². The van der Waals surface area contributed by atoms with E-state index >= 15 is 0 Å². The van der Waals surface area contributed by atoms with Gasteiger partial charge in [-0.05, 0) is 68.4 Å². The number of aliphatic hydroxyl groups excluding tert-OH is 1. The number of nitrogens with two attached hydrogens (primary N) is 1. The maximum Gasteiger partial charge on any atom is 0.433 e. The van der Waals surface area contributed by atoms with Gasteiger partial charge in [0, 0.05) is 28.9 Å². The number of aliphatic hydroxyl groups is 1. The van der Waals surface area contributed by atoms with Crippen molar-refractivity contribution in [2.75, 3.05) is 11.9 Å². The molecule has 1 saturated carbocycles. The minimum absolute atomic E-state index is 0.0774. The summed E-state index contributed by atoms with van der Waals surface area (Å²) >= 11 is 1.47. The van der Waals surface area contributed by atoms with Gasteiger partial charge in [0.15, 0.2) is 0 Å². The average Bonchev–Trinajstić information content (AvgIpc) is 3.34. The highest BCUT2D eigenvalue weighted by Gasteiger charge is 2.47. The fourth-order valence-corrected chi connectivity index (χ4v) is 5.92. The Labute approximate surface area is 211 Å². The fourth-order valence-electron chi connectivity index (χ4n) is 4.78. The number of amides is 1. The SMILES string of the molecule is CCC1(C(N)=O)CCC(CO)(c2ncc(-c3cc(C)cc(Nc4nccc(C(F)(F)F)n4)c3)s2)CC1. The molecule has 1 fully saturated rings. The third-order valence-electron chi connectivity index (χ3n) is 7.19. The van der Waals surface area contributed by atoms with Crippen molar-refractivity contribution in [1.29, 1.82) is 0 Å². The molecule has 2 aromatic heterocycles. The van der Waals surface area contributed by atoms with E-state index in [0.29, 0.717) is 37.8 Å². The molecule has 36 heavy (non-hydrogen) atoms. The number of carbonyl (C=O) groups is 1. The largest absolute Gasteiger partial charge is 0.433 e. The highest BCUT2D eigenvalue weighted by molar-refractivity contribution is 7.15. The van der Waals surface area contributed by atoms with E-state index in [1.165, 1.54) is 11.3 Å². The highest BCUT2D eigenvalue weighted by Crippen LogP contribution is 2.50. The zero-order valence-corrected chi connectivity index (χ0v) is 20.8. The van der Waals surface area contributed by atoms with Gasteiger partial charge in [-0.2, -0.15) is 13.2 Å². The van der Waals surface area contributed by atoms with Gasteiger partial charge in [0.05, 0.1) is 11.5 Å². The number of nitrogens with zero attached hydrogens (tertiary/aromatic N) is 3. The van der Waals surface area contributed by atoms with Gasteiger partial charge in [0.25, 0.3) is 0 Å². The first-order valence-corrected chi connectivity index (χ1v) is 12.5. The smallest absolute Gasteiger partial charge is 0.395 e. The summed E-state index contributed by atoms with van der Waals surface area (Å²) in [6.07, 6.45) is 1.34. The van der Waals surface area contributed by atoms with Crippen molar-refractivity contribution >= 4 is 28.9 Å². The molecule has 0 aliphatic heterocycles. The van der Waals surface area contributed by atoms with Gasteiger partial charge in [0.2, 0.25) is 11.9 Å². The van der Waals surface area contributed by atoms with E-state index in [1.807, 2.05) is 19.9 Å². The van der Waals surface area contributed by atoms with Crippen LogP contribution in [0.15, 0.2) is 36.7 Å². The van der Waals surface area contributed by atoms with Crippen LogP contribution >= 0.6 is 11.3 Å². The molecule has 4 rings (SSSR count). The van der Waals surface area contributed by atoms with Crippen LogP contribution < -0.4 is 11.1 Å². The number of nitrogens with one attached hydrogen (secondary N) is 1. The van der Waals surface area contributed by atoms with Crippen molar-refractivity contribution in [3.63, 3.8) is 0 Å². The lowest BCUT2D eigenvalue weighted by molar-refractivity contribution is -0.141. The lowest BCUT2D eigenvalue weighted by Gasteiger charge is -2.42. The Bertz CT molecular complexity index is 1250. The quantitative estimate of drug-likeness (QED) is 0.387. The number of benzene rings is 1. The monoisotopic (exact) mass is 519 g/mol. The summed E-state index contributed by atoms with van der Waals surface area (Å²) in [6, 6.07) is 6.37. The van der Waals surface area contributed by atoms with Crippen LogP contribution in [0.2, 0.25) is 0 Å². The fraction of sp³-hybridized carbons (Fsp3) is 0.440. The van der Waals surface area contributed by atoms with Crippen LogP contribution in [-0.4, -0.2) is 32.6 Å². The van der Waals surface area contributed by atoms with Gasteiger partial charge >= 0.3 is 6.18 Å². The minimum Gasteiger partial charge on any atom is -0.395 e. The number of rotatable bonds is 7. The van der Waals surface area contributed by atoms with Crippen molar-refractivity contribution in [3.8, 4) is 10.4 Å². The number of alkyl halides is 3. The van der Waals surface area contributed by atoms with Crippen molar-refractivity contribution in [2.45, 2.75) is 57.5 Å². The van der Waals surface area contributed by atoms with E-state index in [1.54, 1.807) is 18.3 Å². The van der Waals surface area contributed by atoms with E-state index < -0.39 is 22.7 Å². The van der Waals surface area contributed by atoms with Crippen molar-refractivity contribution < 1.29 is 23.1 Å². The first-order chi connectivity index (χ1) is 17.0. The topological polar surface area (TPSA) is 114 Å². The number of hydrogen-bond donors (Lipinski definition) is 3. The first-order valence-electron chi connectivity index (χ1n) is 11.7. The number of carbonyl (C=O) groups excluding carboxylic acids is 1. The molecular formula is C25H28F3N5O2S. The molecule has 7 nitrogen and oxygen atoms in total. The third kappa shape index (κ3) is 5.08. The van der Waals surface area contributed by atoms with Gasteiger partial charge in [0.1, 0.15) is 10.7 Å². The summed E-state index contributed by atoms with van der Waals surface area (Å²) in [7, 11) is 0. The van der Waals surface area contributed by atoms with Crippen LogP contribution in [0.25, 0.3) is 10.4 Å². The van der Waals surface area contributed by atoms with Gasteiger partial charge in [-0.15, -0.1) is 11.3 Å². The van der Waals surface area contributed by atoms with Gasteiger partial charge in [-0.1, -0.05) is 13.0 Å². The Morgan fingerprint density at radius 2 is 1.92 bits per heavy atom. The van der Waals surface area contributed by atoms with E-state index in [9.17, 15) is 23.1 Å². The molecular weight excluding hydrogens is 491 g/mol. The number of hydrogen-bond acceptors (Lipinski definition) is 7. The second kappa shape index (κ2) is 9.78. The van der Waals surface area contributed by atoms with E-state index in [4.69, 9.17) is 5.73 Å². The second-order valence-corrected chi connectivity index (χ2v) is 10.5. The second-order valence-electron chi connectivity index (χ2n) is 9.44. The number of aromatic nitrogens is 3. The predicted molar refractivity (Wildman–Crippen MR) is 132 cm³/mol. The number of anilines is 2. The lowest BCUT2D eigenvalue weighted by Crippen LogP contribution is -2.45. The minimum atomic E-state index is -4.56. The Balaban J connectivity index is 1.58. The van der Waals surface area contributed by atoms with Crippen LogP contribution in [0.3, 0.4) is 0 Å². The summed E-state index contributed by atoms with van der Waals surface area (Å²) in [5.41, 5.74) is 5.86. The number of aryl methyl sites for hydroxylation is 1. The van der Waals surface area contributed by atoms with Crippen molar-refractivity contribution in [2.24, 2.45) is 11.1 Å². The van der Waals surface area contributed by atoms with E-state index in [-0.39, 0.29) is 18.5 Å². The molecule has 0 bridgehead atoms. The molecule has 1 aliphatic rings. The Kier molecular flexibility index (Phi) is 7.07. The number of halogens is 3. The molecule has 1 aromatic carbocycles. The van der Waals surface area contributed by atoms with Gasteiger partial charge < -0.3 is 16.2 Å². The molecule has 192 valence electrons. The summed E-state index contributed by atoms with van der Waals surface area (Å²) in [5, 5.41) is 14.0. The summed E-state index contributed by atoms with van der Waals surface area (Å²) < 4.78 is 39.0. The molecule has 0 radical (unpaired) electrons. The summed E-state index contributed by atoms with van der Waals surface area (Å²) in [5.74, 6) is -0.442. The van der Waals surface area contributed by atoms with Crippen molar-refractivity contribution in [3.05, 3.63) is 52.9 Å². The molecule has 0 saturated heterocycles. The Morgan fingerprint density at radius 3 is 2.53 bits per heavy atom. The first kappa shape index (κ1) is 26.0. The van der Waals surface area contributed by atoms with Crippen LogP contribution in [0, 0.1) is 12.3 Å². The normalized spacial score (nSPS) is 22.4. The molecule has 1 aliphatic carbocycles.